The van der Waals surface area contributed by atoms with E-state index < -0.39 is 6.10 Å². The highest BCUT2D eigenvalue weighted by molar-refractivity contribution is 5.33. The smallest absolute Gasteiger partial charge is 0.0773 e. The van der Waals surface area contributed by atoms with Crippen LogP contribution < -0.4 is 5.32 Å². The van der Waals surface area contributed by atoms with Crippen LogP contribution in [0.2, 0.25) is 0 Å². The van der Waals surface area contributed by atoms with Gasteiger partial charge in [0.2, 0.25) is 0 Å². The average molecular weight is 269 g/mol. The Bertz CT molecular complexity index is 456. The Balaban J connectivity index is 2.25. The van der Waals surface area contributed by atoms with Gasteiger partial charge in [0.1, 0.15) is 0 Å². The molecule has 0 heterocycles. The van der Waals surface area contributed by atoms with Crippen molar-refractivity contribution >= 4 is 0 Å². The van der Waals surface area contributed by atoms with E-state index in [1.807, 2.05) is 36.4 Å². The number of nitrogens with one attached hydrogen (secondary N) is 1. The first-order valence-electron chi connectivity index (χ1n) is 7.20. The molecule has 0 saturated carbocycles. The largest absolute Gasteiger partial charge is 0.391 e. The van der Waals surface area contributed by atoms with Crippen LogP contribution in [-0.4, -0.2) is 23.8 Å². The van der Waals surface area contributed by atoms with E-state index in [1.54, 1.807) is 0 Å². The summed E-state index contributed by atoms with van der Waals surface area (Å²) in [5.74, 6) is 0.00338. The molecule has 0 saturated heterocycles. The van der Waals surface area contributed by atoms with Crippen molar-refractivity contribution in [2.75, 3.05) is 6.54 Å². The van der Waals surface area contributed by atoms with Gasteiger partial charge in [0.05, 0.1) is 6.10 Å². The Morgan fingerprint density at radius 1 is 0.850 bits per heavy atom. The Morgan fingerprint density at radius 3 is 1.70 bits per heavy atom. The SMILES string of the molecule is CC(C)NCC(O)C(c1ccccc1)c1ccccc1. The quantitative estimate of drug-likeness (QED) is 0.844. The third-order valence-electron chi connectivity index (χ3n) is 3.44. The zero-order chi connectivity index (χ0) is 14.4. The molecule has 2 heteroatoms. The Labute approximate surface area is 121 Å². The lowest BCUT2D eigenvalue weighted by Gasteiger charge is -2.25. The van der Waals surface area contributed by atoms with E-state index >= 15 is 0 Å². The van der Waals surface area contributed by atoms with E-state index in [9.17, 15) is 5.11 Å². The van der Waals surface area contributed by atoms with Crippen LogP contribution in [0, 0.1) is 0 Å². The summed E-state index contributed by atoms with van der Waals surface area (Å²) in [5.41, 5.74) is 2.30. The first-order valence-corrected chi connectivity index (χ1v) is 7.20. The standard InChI is InChI=1S/C18H23NO/c1-14(2)19-13-17(20)18(15-9-5-3-6-10-15)16-11-7-4-8-12-16/h3-12,14,17-20H,13H2,1-2H3. The lowest BCUT2D eigenvalue weighted by Crippen LogP contribution is -2.35. The van der Waals surface area contributed by atoms with E-state index in [0.29, 0.717) is 12.6 Å². The molecule has 0 aliphatic rings. The molecule has 0 fully saturated rings. The second-order valence-electron chi connectivity index (χ2n) is 5.43. The van der Waals surface area contributed by atoms with Gasteiger partial charge in [-0.3, -0.25) is 0 Å². The molecule has 0 aliphatic carbocycles. The average Bonchev–Trinajstić information content (AvgIpc) is 2.48. The fraction of sp³-hybridized carbons (Fsp3) is 0.333. The van der Waals surface area contributed by atoms with Crippen molar-refractivity contribution in [3.63, 3.8) is 0 Å². The fourth-order valence-corrected chi connectivity index (χ4v) is 2.43. The van der Waals surface area contributed by atoms with Crippen LogP contribution in [0.4, 0.5) is 0 Å². The lowest BCUT2D eigenvalue weighted by atomic mass is 9.86. The third kappa shape index (κ3) is 3.92. The summed E-state index contributed by atoms with van der Waals surface area (Å²) in [7, 11) is 0. The van der Waals surface area contributed by atoms with Gasteiger partial charge in [0.25, 0.3) is 0 Å². The van der Waals surface area contributed by atoms with Gasteiger partial charge < -0.3 is 10.4 Å². The molecule has 1 atom stereocenters. The Hall–Kier alpha value is -1.64. The number of aliphatic hydroxyl groups excluding tert-OH is 1. The molecular weight excluding hydrogens is 246 g/mol. The fourth-order valence-electron chi connectivity index (χ4n) is 2.43. The van der Waals surface area contributed by atoms with Gasteiger partial charge in [-0.2, -0.15) is 0 Å². The minimum atomic E-state index is -0.442. The summed E-state index contributed by atoms with van der Waals surface area (Å²) < 4.78 is 0. The molecule has 0 bridgehead atoms. The number of hydrogen-bond acceptors (Lipinski definition) is 2. The molecule has 2 rings (SSSR count). The summed E-state index contributed by atoms with van der Waals surface area (Å²) in [5, 5.41) is 13.9. The molecule has 2 nitrogen and oxygen atoms in total. The van der Waals surface area contributed by atoms with Crippen molar-refractivity contribution in [3.05, 3.63) is 71.8 Å². The predicted molar refractivity (Wildman–Crippen MR) is 83.9 cm³/mol. The zero-order valence-corrected chi connectivity index (χ0v) is 12.2. The van der Waals surface area contributed by atoms with Crippen molar-refractivity contribution in [1.82, 2.24) is 5.32 Å². The number of benzene rings is 2. The van der Waals surface area contributed by atoms with Gasteiger partial charge >= 0.3 is 0 Å². The molecule has 2 aromatic carbocycles. The van der Waals surface area contributed by atoms with Crippen molar-refractivity contribution in [3.8, 4) is 0 Å². The van der Waals surface area contributed by atoms with Crippen molar-refractivity contribution in [2.45, 2.75) is 31.9 Å². The lowest BCUT2D eigenvalue weighted by molar-refractivity contribution is 0.151. The van der Waals surface area contributed by atoms with Crippen LogP contribution >= 0.6 is 0 Å². The number of rotatable bonds is 6. The van der Waals surface area contributed by atoms with Gasteiger partial charge in [-0.15, -0.1) is 0 Å². The van der Waals surface area contributed by atoms with Crippen LogP contribution in [0.5, 0.6) is 0 Å². The van der Waals surface area contributed by atoms with E-state index in [1.165, 1.54) is 0 Å². The molecule has 0 aromatic heterocycles. The summed E-state index contributed by atoms with van der Waals surface area (Å²) in [6, 6.07) is 20.8. The van der Waals surface area contributed by atoms with Crippen LogP contribution in [-0.2, 0) is 0 Å². The summed E-state index contributed by atoms with van der Waals surface area (Å²) in [6.45, 7) is 4.77. The molecule has 0 spiro atoms. The topological polar surface area (TPSA) is 32.3 Å². The van der Waals surface area contributed by atoms with E-state index in [-0.39, 0.29) is 5.92 Å². The predicted octanol–water partition coefficient (Wildman–Crippen LogP) is 3.18. The van der Waals surface area contributed by atoms with Crippen LogP contribution in [0.25, 0.3) is 0 Å². The molecule has 0 aliphatic heterocycles. The first kappa shape index (κ1) is 14.8. The van der Waals surface area contributed by atoms with Crippen LogP contribution in [0.1, 0.15) is 30.9 Å². The first-order chi connectivity index (χ1) is 9.68. The Morgan fingerprint density at radius 2 is 1.30 bits per heavy atom. The van der Waals surface area contributed by atoms with Gasteiger partial charge in [-0.05, 0) is 11.1 Å². The van der Waals surface area contributed by atoms with Gasteiger partial charge in [0.15, 0.2) is 0 Å². The minimum absolute atomic E-state index is 0.00338. The van der Waals surface area contributed by atoms with Crippen LogP contribution in [0.15, 0.2) is 60.7 Å². The minimum Gasteiger partial charge on any atom is -0.391 e. The second-order valence-corrected chi connectivity index (χ2v) is 5.43. The summed E-state index contributed by atoms with van der Waals surface area (Å²) in [4.78, 5) is 0. The normalized spacial score (nSPS) is 12.8. The van der Waals surface area contributed by atoms with Gasteiger partial charge in [-0.25, -0.2) is 0 Å². The van der Waals surface area contributed by atoms with Crippen molar-refractivity contribution < 1.29 is 5.11 Å². The summed E-state index contributed by atoms with van der Waals surface area (Å²) in [6.07, 6.45) is -0.442. The van der Waals surface area contributed by atoms with E-state index in [2.05, 4.69) is 43.4 Å². The van der Waals surface area contributed by atoms with Gasteiger partial charge in [-0.1, -0.05) is 74.5 Å². The number of hydrogen-bond donors (Lipinski definition) is 2. The molecule has 1 unspecified atom stereocenters. The van der Waals surface area contributed by atoms with Gasteiger partial charge in [0, 0.05) is 18.5 Å². The van der Waals surface area contributed by atoms with Crippen molar-refractivity contribution in [1.29, 1.82) is 0 Å². The molecule has 0 radical (unpaired) electrons. The maximum Gasteiger partial charge on any atom is 0.0773 e. The highest BCUT2D eigenvalue weighted by atomic mass is 16.3. The highest BCUT2D eigenvalue weighted by Crippen LogP contribution is 2.27. The monoisotopic (exact) mass is 269 g/mol. The van der Waals surface area contributed by atoms with E-state index in [4.69, 9.17) is 0 Å². The molecule has 20 heavy (non-hydrogen) atoms. The number of aliphatic hydroxyl groups is 1. The second kappa shape index (κ2) is 7.22. The molecule has 2 N–H and O–H groups in total. The van der Waals surface area contributed by atoms with Crippen molar-refractivity contribution in [2.24, 2.45) is 0 Å². The third-order valence-corrected chi connectivity index (χ3v) is 3.44. The summed E-state index contributed by atoms with van der Waals surface area (Å²) >= 11 is 0. The maximum absolute atomic E-state index is 10.6. The Kier molecular flexibility index (Phi) is 5.33. The highest BCUT2D eigenvalue weighted by Gasteiger charge is 2.22. The maximum atomic E-state index is 10.6. The van der Waals surface area contributed by atoms with Crippen LogP contribution in [0.3, 0.4) is 0 Å². The molecule has 106 valence electrons. The van der Waals surface area contributed by atoms with E-state index in [0.717, 1.165) is 11.1 Å². The molecule has 0 amide bonds. The zero-order valence-electron chi connectivity index (χ0n) is 12.2. The molecular formula is C18H23NO. The molecule has 2 aromatic rings.